The normalized spacial score (nSPS) is 10.4. The molecule has 20 heavy (non-hydrogen) atoms. The molecule has 2 rings (SSSR count). The second-order valence-corrected chi connectivity index (χ2v) is 4.89. The van der Waals surface area contributed by atoms with Crippen LogP contribution in [0.2, 0.25) is 0 Å². The van der Waals surface area contributed by atoms with Crippen LogP contribution in [0.5, 0.6) is 5.75 Å². The predicted molar refractivity (Wildman–Crippen MR) is 81.3 cm³/mol. The van der Waals surface area contributed by atoms with Gasteiger partial charge in [0, 0.05) is 24.9 Å². The minimum absolute atomic E-state index is 0.294. The van der Waals surface area contributed by atoms with Crippen molar-refractivity contribution in [3.8, 4) is 5.75 Å². The molecule has 3 nitrogen and oxygen atoms in total. The fourth-order valence-electron chi connectivity index (χ4n) is 2.30. The van der Waals surface area contributed by atoms with E-state index in [1.54, 1.807) is 11.0 Å². The quantitative estimate of drug-likeness (QED) is 0.865. The van der Waals surface area contributed by atoms with Crippen molar-refractivity contribution in [2.75, 3.05) is 24.8 Å². The van der Waals surface area contributed by atoms with E-state index in [4.69, 9.17) is 10.5 Å². The second kappa shape index (κ2) is 5.41. The molecule has 4 heteroatoms. The lowest BCUT2D eigenvalue weighted by molar-refractivity contribution is 0.416. The van der Waals surface area contributed by atoms with E-state index in [0.717, 1.165) is 11.3 Å². The topological polar surface area (TPSA) is 38.5 Å². The Kier molecular flexibility index (Phi) is 3.84. The summed E-state index contributed by atoms with van der Waals surface area (Å²) in [6.45, 7) is 4.04. The first-order valence-corrected chi connectivity index (χ1v) is 6.38. The Morgan fingerprint density at radius 3 is 2.40 bits per heavy atom. The van der Waals surface area contributed by atoms with Gasteiger partial charge >= 0.3 is 0 Å². The van der Waals surface area contributed by atoms with Crippen LogP contribution in [0, 0.1) is 19.7 Å². The maximum absolute atomic E-state index is 14.1. The molecule has 0 aromatic heterocycles. The zero-order valence-electron chi connectivity index (χ0n) is 12.2. The Morgan fingerprint density at radius 1 is 1.10 bits per heavy atom. The minimum atomic E-state index is -0.370. The summed E-state index contributed by atoms with van der Waals surface area (Å²) in [5, 5.41) is 0. The second-order valence-electron chi connectivity index (χ2n) is 4.89. The molecule has 2 N–H and O–H groups in total. The number of hydrogen-bond donors (Lipinski definition) is 1. The van der Waals surface area contributed by atoms with Crippen LogP contribution in [0.25, 0.3) is 0 Å². The van der Waals surface area contributed by atoms with Crippen molar-refractivity contribution in [2.45, 2.75) is 13.8 Å². The van der Waals surface area contributed by atoms with Gasteiger partial charge in [-0.25, -0.2) is 4.39 Å². The third kappa shape index (κ3) is 2.54. The molecular formula is C16H19FN2O. The molecule has 106 valence electrons. The monoisotopic (exact) mass is 274 g/mol. The number of benzene rings is 2. The van der Waals surface area contributed by atoms with Gasteiger partial charge in [-0.15, -0.1) is 0 Å². The fraction of sp³-hybridized carbons (Fsp3) is 0.250. The molecule has 0 saturated carbocycles. The first kappa shape index (κ1) is 14.2. The fourth-order valence-corrected chi connectivity index (χ4v) is 2.30. The van der Waals surface area contributed by atoms with Crippen LogP contribution in [0.15, 0.2) is 30.3 Å². The zero-order chi connectivity index (χ0) is 14.9. The summed E-state index contributed by atoms with van der Waals surface area (Å²) in [5.74, 6) is 0.101. The van der Waals surface area contributed by atoms with Crippen LogP contribution < -0.4 is 15.4 Å². The third-order valence-electron chi connectivity index (χ3n) is 3.37. The first-order chi connectivity index (χ1) is 9.43. The van der Waals surface area contributed by atoms with E-state index in [9.17, 15) is 4.39 Å². The highest BCUT2D eigenvalue weighted by molar-refractivity contribution is 5.71. The lowest BCUT2D eigenvalue weighted by atomic mass is 10.1. The lowest BCUT2D eigenvalue weighted by Gasteiger charge is -2.23. The predicted octanol–water partition coefficient (Wildman–Crippen LogP) is 3.80. The summed E-state index contributed by atoms with van der Waals surface area (Å²) >= 11 is 0. The summed E-state index contributed by atoms with van der Waals surface area (Å²) in [5.41, 5.74) is 9.64. The van der Waals surface area contributed by atoms with Crippen molar-refractivity contribution >= 4 is 17.1 Å². The van der Waals surface area contributed by atoms with Crippen LogP contribution >= 0.6 is 0 Å². The van der Waals surface area contributed by atoms with Crippen molar-refractivity contribution in [3.05, 3.63) is 47.3 Å². The SMILES string of the molecule is COc1cc(N(C)c2ccc(C)cc2C)c(F)cc1N. The highest BCUT2D eigenvalue weighted by Gasteiger charge is 2.15. The van der Waals surface area contributed by atoms with Gasteiger partial charge in [0.05, 0.1) is 18.5 Å². The maximum Gasteiger partial charge on any atom is 0.149 e. The Bertz CT molecular complexity index is 641. The molecule has 0 aliphatic rings. The molecule has 0 heterocycles. The molecule has 0 radical (unpaired) electrons. The molecule has 2 aromatic rings. The van der Waals surface area contributed by atoms with E-state index in [0.29, 0.717) is 17.1 Å². The number of methoxy groups -OCH3 is 1. The van der Waals surface area contributed by atoms with E-state index in [2.05, 4.69) is 6.07 Å². The van der Waals surface area contributed by atoms with Crippen molar-refractivity contribution in [1.82, 2.24) is 0 Å². The molecule has 0 saturated heterocycles. The average Bonchev–Trinajstić information content (AvgIpc) is 2.38. The summed E-state index contributed by atoms with van der Waals surface area (Å²) in [6.07, 6.45) is 0. The minimum Gasteiger partial charge on any atom is -0.495 e. The smallest absolute Gasteiger partial charge is 0.149 e. The molecule has 0 spiro atoms. The number of ether oxygens (including phenoxy) is 1. The number of rotatable bonds is 3. The standard InChI is InChI=1S/C16H19FN2O/c1-10-5-6-14(11(2)7-10)19(3)15-9-16(20-4)13(18)8-12(15)17/h5-9H,18H2,1-4H3. The highest BCUT2D eigenvalue weighted by Crippen LogP contribution is 2.34. The zero-order valence-corrected chi connectivity index (χ0v) is 12.2. The number of hydrogen-bond acceptors (Lipinski definition) is 3. The van der Waals surface area contributed by atoms with E-state index < -0.39 is 0 Å². The van der Waals surface area contributed by atoms with E-state index >= 15 is 0 Å². The van der Waals surface area contributed by atoms with Gasteiger partial charge in [0.15, 0.2) is 0 Å². The van der Waals surface area contributed by atoms with Gasteiger partial charge in [0.25, 0.3) is 0 Å². The third-order valence-corrected chi connectivity index (χ3v) is 3.37. The molecule has 0 atom stereocenters. The number of anilines is 3. The number of halogens is 1. The molecule has 2 aromatic carbocycles. The summed E-state index contributed by atoms with van der Waals surface area (Å²) in [6, 6.07) is 8.95. The molecule has 0 fully saturated rings. The van der Waals surface area contributed by atoms with E-state index in [-0.39, 0.29) is 5.82 Å². The van der Waals surface area contributed by atoms with Crippen molar-refractivity contribution in [1.29, 1.82) is 0 Å². The number of nitrogen functional groups attached to an aromatic ring is 1. The van der Waals surface area contributed by atoms with Gasteiger partial charge in [-0.05, 0) is 25.5 Å². The molecule has 0 unspecified atom stereocenters. The summed E-state index contributed by atoms with van der Waals surface area (Å²) < 4.78 is 19.3. The molecule has 0 bridgehead atoms. The van der Waals surface area contributed by atoms with Crippen LogP contribution in [0.1, 0.15) is 11.1 Å². The Balaban J connectivity index is 2.50. The van der Waals surface area contributed by atoms with Crippen LogP contribution in [0.4, 0.5) is 21.5 Å². The summed E-state index contributed by atoms with van der Waals surface area (Å²) in [7, 11) is 3.34. The first-order valence-electron chi connectivity index (χ1n) is 6.38. The van der Waals surface area contributed by atoms with Crippen LogP contribution in [-0.4, -0.2) is 14.2 Å². The lowest BCUT2D eigenvalue weighted by Crippen LogP contribution is -2.13. The molecule has 0 amide bonds. The van der Waals surface area contributed by atoms with Gasteiger partial charge in [0.1, 0.15) is 11.6 Å². The van der Waals surface area contributed by atoms with Crippen molar-refractivity contribution in [3.63, 3.8) is 0 Å². The average molecular weight is 274 g/mol. The maximum atomic E-state index is 14.1. The summed E-state index contributed by atoms with van der Waals surface area (Å²) in [4.78, 5) is 1.80. The Morgan fingerprint density at radius 2 is 1.80 bits per heavy atom. The van der Waals surface area contributed by atoms with Gasteiger partial charge in [-0.1, -0.05) is 17.7 Å². The van der Waals surface area contributed by atoms with Gasteiger partial charge in [0.2, 0.25) is 0 Å². The van der Waals surface area contributed by atoms with Crippen LogP contribution in [-0.2, 0) is 0 Å². The van der Waals surface area contributed by atoms with E-state index in [1.807, 2.05) is 33.0 Å². The number of nitrogens with zero attached hydrogens (tertiary/aromatic N) is 1. The van der Waals surface area contributed by atoms with Gasteiger partial charge < -0.3 is 15.4 Å². The number of aryl methyl sites for hydroxylation is 2. The van der Waals surface area contributed by atoms with Crippen molar-refractivity contribution < 1.29 is 9.13 Å². The number of nitrogens with two attached hydrogens (primary N) is 1. The van der Waals surface area contributed by atoms with Crippen molar-refractivity contribution in [2.24, 2.45) is 0 Å². The largest absolute Gasteiger partial charge is 0.495 e. The molecule has 0 aliphatic carbocycles. The van der Waals surface area contributed by atoms with Gasteiger partial charge in [-0.2, -0.15) is 0 Å². The highest BCUT2D eigenvalue weighted by atomic mass is 19.1. The van der Waals surface area contributed by atoms with Crippen LogP contribution in [0.3, 0.4) is 0 Å². The van der Waals surface area contributed by atoms with Gasteiger partial charge in [-0.3, -0.25) is 0 Å². The Hall–Kier alpha value is -2.23. The Labute approximate surface area is 118 Å². The van der Waals surface area contributed by atoms with E-state index in [1.165, 1.54) is 18.7 Å². The molecular weight excluding hydrogens is 255 g/mol. The molecule has 0 aliphatic heterocycles.